The smallest absolute Gasteiger partial charge is 0.191 e. The maximum Gasteiger partial charge on any atom is 0.191 e. The molecule has 6 nitrogen and oxygen atoms in total. The van der Waals surface area contributed by atoms with Crippen LogP contribution in [0.1, 0.15) is 19.0 Å². The van der Waals surface area contributed by atoms with Crippen LogP contribution in [0.3, 0.4) is 0 Å². The number of guanidine groups is 1. The second kappa shape index (κ2) is 9.28. The van der Waals surface area contributed by atoms with Crippen molar-refractivity contribution in [2.24, 2.45) is 4.99 Å². The molecule has 3 rings (SSSR count). The van der Waals surface area contributed by atoms with Crippen LogP contribution in [0.15, 0.2) is 34.6 Å². The topological polar surface area (TPSA) is 55.8 Å². The predicted molar refractivity (Wildman–Crippen MR) is 116 cm³/mol. The zero-order chi connectivity index (χ0) is 19.2. The Kier molecular flexibility index (Phi) is 6.79. The number of aromatic nitrogens is 1. The van der Waals surface area contributed by atoms with Gasteiger partial charge in [0.2, 0.25) is 0 Å². The van der Waals surface area contributed by atoms with Gasteiger partial charge in [0, 0.05) is 55.9 Å². The third-order valence-electron chi connectivity index (χ3n) is 4.37. The molecule has 1 aromatic carbocycles. The predicted octanol–water partition coefficient (Wildman–Crippen LogP) is 3.20. The molecule has 1 saturated heterocycles. The monoisotopic (exact) mass is 406 g/mol. The van der Waals surface area contributed by atoms with E-state index in [0.29, 0.717) is 12.6 Å². The maximum absolute atomic E-state index is 6.13. The Morgan fingerprint density at radius 3 is 3.00 bits per heavy atom. The van der Waals surface area contributed by atoms with Gasteiger partial charge in [-0.3, -0.25) is 0 Å². The molecule has 1 aromatic heterocycles. The van der Waals surface area contributed by atoms with Gasteiger partial charge in [-0.05, 0) is 31.5 Å². The van der Waals surface area contributed by atoms with Crippen molar-refractivity contribution in [1.82, 2.24) is 15.6 Å². The van der Waals surface area contributed by atoms with Crippen LogP contribution in [-0.2, 0) is 6.54 Å². The Labute approximate surface area is 170 Å². The minimum Gasteiger partial charge on any atom is -0.369 e. The van der Waals surface area contributed by atoms with Gasteiger partial charge >= 0.3 is 0 Å². The first-order valence-electron chi connectivity index (χ1n) is 9.22. The number of anilines is 2. The normalized spacial score (nSPS) is 17.3. The number of aliphatic imine (C=N–C) groups is 1. The fourth-order valence-corrected chi connectivity index (χ4v) is 3.97. The average Bonchev–Trinajstić information content (AvgIpc) is 3.29. The van der Waals surface area contributed by atoms with E-state index in [1.807, 2.05) is 37.2 Å². The number of nitrogens with zero attached hydrogens (tertiary/aromatic N) is 4. The molecule has 2 N–H and O–H groups in total. The van der Waals surface area contributed by atoms with E-state index in [-0.39, 0.29) is 0 Å². The lowest BCUT2D eigenvalue weighted by atomic mass is 10.2. The van der Waals surface area contributed by atoms with Gasteiger partial charge in [-0.2, -0.15) is 0 Å². The third kappa shape index (κ3) is 5.49. The second-order valence-corrected chi connectivity index (χ2v) is 8.04. The second-order valence-electron chi connectivity index (χ2n) is 6.77. The van der Waals surface area contributed by atoms with Crippen LogP contribution in [-0.4, -0.2) is 50.7 Å². The lowest BCUT2D eigenvalue weighted by molar-refractivity contribution is 0.649. The van der Waals surface area contributed by atoms with E-state index in [4.69, 9.17) is 16.6 Å². The van der Waals surface area contributed by atoms with E-state index in [1.54, 1.807) is 11.3 Å². The molecule has 2 heterocycles. The van der Waals surface area contributed by atoms with Crippen molar-refractivity contribution in [2.75, 3.05) is 43.5 Å². The van der Waals surface area contributed by atoms with Gasteiger partial charge in [0.15, 0.2) is 11.1 Å². The molecule has 1 aliphatic heterocycles. The number of nitrogens with one attached hydrogen (secondary N) is 2. The first kappa shape index (κ1) is 19.8. The summed E-state index contributed by atoms with van der Waals surface area (Å²) in [6.07, 6.45) is 1.07. The zero-order valence-corrected chi connectivity index (χ0v) is 17.6. The van der Waals surface area contributed by atoms with Crippen LogP contribution in [0.5, 0.6) is 0 Å². The number of benzene rings is 1. The van der Waals surface area contributed by atoms with Crippen molar-refractivity contribution in [2.45, 2.75) is 25.9 Å². The molecule has 0 saturated carbocycles. The molecule has 1 unspecified atom stereocenters. The summed E-state index contributed by atoms with van der Waals surface area (Å²) in [6.45, 7) is 5.43. The molecule has 0 aliphatic carbocycles. The molecule has 0 spiro atoms. The highest BCUT2D eigenvalue weighted by atomic mass is 35.5. The van der Waals surface area contributed by atoms with Gasteiger partial charge in [-0.1, -0.05) is 17.7 Å². The largest absolute Gasteiger partial charge is 0.369 e. The molecule has 0 radical (unpaired) electrons. The van der Waals surface area contributed by atoms with Crippen LogP contribution < -0.4 is 20.4 Å². The highest BCUT2D eigenvalue weighted by Gasteiger charge is 2.23. The average molecular weight is 407 g/mol. The zero-order valence-electron chi connectivity index (χ0n) is 16.1. The van der Waals surface area contributed by atoms with Crippen LogP contribution in [0.4, 0.5) is 10.8 Å². The van der Waals surface area contributed by atoms with E-state index in [9.17, 15) is 0 Å². The number of hydrogen-bond acceptors (Lipinski definition) is 5. The summed E-state index contributed by atoms with van der Waals surface area (Å²) in [5.41, 5.74) is 2.17. The van der Waals surface area contributed by atoms with E-state index >= 15 is 0 Å². The fourth-order valence-electron chi connectivity index (χ4n) is 3.03. The SMILES string of the molecule is CCNC(=NCc1csc(N(C)C)n1)NC1CCN(c2cccc(Cl)c2)C1. The third-order valence-corrected chi connectivity index (χ3v) is 5.66. The molecule has 8 heteroatoms. The molecular formula is C19H27ClN6S. The van der Waals surface area contributed by atoms with E-state index in [2.05, 4.69) is 38.9 Å². The summed E-state index contributed by atoms with van der Waals surface area (Å²) in [5, 5.41) is 10.7. The standard InChI is InChI=1S/C19H27ClN6S/c1-4-21-18(22-11-16-13-27-19(24-16)25(2)3)23-15-8-9-26(12-15)17-7-5-6-14(20)10-17/h5-7,10,13,15H,4,8-9,11-12H2,1-3H3,(H2,21,22,23). The molecule has 1 atom stereocenters. The van der Waals surface area contributed by atoms with Crippen molar-refractivity contribution < 1.29 is 0 Å². The summed E-state index contributed by atoms with van der Waals surface area (Å²) < 4.78 is 0. The van der Waals surface area contributed by atoms with Crippen molar-refractivity contribution >= 4 is 39.7 Å². The van der Waals surface area contributed by atoms with Gasteiger partial charge in [0.25, 0.3) is 0 Å². The van der Waals surface area contributed by atoms with Crippen LogP contribution in [0.2, 0.25) is 5.02 Å². The van der Waals surface area contributed by atoms with Gasteiger partial charge in [-0.25, -0.2) is 9.98 Å². The minimum absolute atomic E-state index is 0.356. The number of hydrogen-bond donors (Lipinski definition) is 2. The Hall–Kier alpha value is -1.99. The summed E-state index contributed by atoms with van der Waals surface area (Å²) in [5.74, 6) is 0.842. The van der Waals surface area contributed by atoms with Crippen molar-refractivity contribution in [3.63, 3.8) is 0 Å². The van der Waals surface area contributed by atoms with Gasteiger partial charge in [0.1, 0.15) is 0 Å². The maximum atomic E-state index is 6.13. The lowest BCUT2D eigenvalue weighted by Crippen LogP contribution is -2.44. The molecule has 0 bridgehead atoms. The molecule has 1 fully saturated rings. The number of halogens is 1. The highest BCUT2D eigenvalue weighted by molar-refractivity contribution is 7.13. The summed E-state index contributed by atoms with van der Waals surface area (Å²) in [6, 6.07) is 8.40. The quantitative estimate of drug-likeness (QED) is 0.570. The summed E-state index contributed by atoms with van der Waals surface area (Å²) >= 11 is 7.77. The Bertz CT molecular complexity index is 775. The molecular weight excluding hydrogens is 380 g/mol. The summed E-state index contributed by atoms with van der Waals surface area (Å²) in [4.78, 5) is 13.7. The molecule has 146 valence electrons. The van der Waals surface area contributed by atoms with E-state index in [1.165, 1.54) is 5.69 Å². The Balaban J connectivity index is 1.59. The first-order valence-corrected chi connectivity index (χ1v) is 10.5. The van der Waals surface area contributed by atoms with Gasteiger partial charge < -0.3 is 20.4 Å². The van der Waals surface area contributed by atoms with Crippen LogP contribution in [0, 0.1) is 0 Å². The van der Waals surface area contributed by atoms with E-state index < -0.39 is 0 Å². The highest BCUT2D eigenvalue weighted by Crippen LogP contribution is 2.23. The Morgan fingerprint density at radius 2 is 2.30 bits per heavy atom. The summed E-state index contributed by atoms with van der Waals surface area (Å²) in [7, 11) is 4.01. The van der Waals surface area contributed by atoms with Crippen molar-refractivity contribution in [3.05, 3.63) is 40.4 Å². The number of rotatable bonds is 6. The first-order chi connectivity index (χ1) is 13.0. The van der Waals surface area contributed by atoms with Gasteiger partial charge in [-0.15, -0.1) is 11.3 Å². The van der Waals surface area contributed by atoms with Gasteiger partial charge in [0.05, 0.1) is 12.2 Å². The molecule has 1 aliphatic rings. The lowest BCUT2D eigenvalue weighted by Gasteiger charge is -2.20. The van der Waals surface area contributed by atoms with Crippen LogP contribution >= 0.6 is 22.9 Å². The fraction of sp³-hybridized carbons (Fsp3) is 0.474. The van der Waals surface area contributed by atoms with Crippen molar-refractivity contribution in [1.29, 1.82) is 0 Å². The van der Waals surface area contributed by atoms with Crippen molar-refractivity contribution in [3.8, 4) is 0 Å². The van der Waals surface area contributed by atoms with E-state index in [0.717, 1.165) is 47.9 Å². The number of thiazole rings is 1. The Morgan fingerprint density at radius 1 is 1.44 bits per heavy atom. The molecule has 27 heavy (non-hydrogen) atoms. The minimum atomic E-state index is 0.356. The van der Waals surface area contributed by atoms with Crippen LogP contribution in [0.25, 0.3) is 0 Å². The molecule has 0 amide bonds. The molecule has 2 aromatic rings.